The molecule has 1 rings (SSSR count). The largest absolute Gasteiger partial charge is 0.385 e. The van der Waals surface area contributed by atoms with Crippen LogP contribution < -0.4 is 5.32 Å². The van der Waals surface area contributed by atoms with Crippen molar-refractivity contribution in [3.05, 3.63) is 22.9 Å². The molecule has 17 heavy (non-hydrogen) atoms. The molecule has 1 nitrogen and oxygen atoms in total. The van der Waals surface area contributed by atoms with Crippen molar-refractivity contribution in [2.75, 3.05) is 6.54 Å². The molecule has 1 aliphatic heterocycles. The first-order valence-electron chi connectivity index (χ1n) is 7.05. The third-order valence-corrected chi connectivity index (χ3v) is 4.29. The second-order valence-electron chi connectivity index (χ2n) is 6.10. The highest BCUT2D eigenvalue weighted by molar-refractivity contribution is 5.41. The van der Waals surface area contributed by atoms with Gasteiger partial charge in [-0.2, -0.15) is 0 Å². The fourth-order valence-electron chi connectivity index (χ4n) is 2.51. The Morgan fingerprint density at radius 2 is 2.00 bits per heavy atom. The highest BCUT2D eigenvalue weighted by Crippen LogP contribution is 2.41. The average molecular weight is 235 g/mol. The molecule has 0 aromatic carbocycles. The first-order chi connectivity index (χ1) is 7.91. The lowest BCUT2D eigenvalue weighted by Crippen LogP contribution is -2.31. The van der Waals surface area contributed by atoms with Crippen molar-refractivity contribution < 1.29 is 0 Å². The normalized spacial score (nSPS) is 17.2. The molecule has 0 fully saturated rings. The number of nitrogens with one attached hydrogen (secondary N) is 1. The maximum Gasteiger partial charge on any atom is 0.0333 e. The van der Waals surface area contributed by atoms with Crippen LogP contribution in [0.2, 0.25) is 0 Å². The van der Waals surface area contributed by atoms with Crippen LogP contribution in [0, 0.1) is 11.3 Å². The Morgan fingerprint density at radius 1 is 1.35 bits per heavy atom. The van der Waals surface area contributed by atoms with E-state index in [1.54, 1.807) is 5.57 Å². The molecule has 0 amide bonds. The quantitative estimate of drug-likeness (QED) is 0.730. The molecule has 1 heteroatoms. The summed E-state index contributed by atoms with van der Waals surface area (Å²) in [4.78, 5) is 0. The summed E-state index contributed by atoms with van der Waals surface area (Å²) in [7, 11) is 0. The van der Waals surface area contributed by atoms with Gasteiger partial charge in [-0.3, -0.25) is 0 Å². The molecule has 0 aromatic heterocycles. The fourth-order valence-corrected chi connectivity index (χ4v) is 2.51. The first kappa shape index (κ1) is 14.3. The zero-order valence-electron chi connectivity index (χ0n) is 12.5. The number of rotatable bonds is 5. The molecule has 0 unspecified atom stereocenters. The van der Waals surface area contributed by atoms with Gasteiger partial charge in [0.05, 0.1) is 0 Å². The monoisotopic (exact) mass is 235 g/mol. The summed E-state index contributed by atoms with van der Waals surface area (Å²) in [5, 5.41) is 3.60. The molecule has 98 valence electrons. The van der Waals surface area contributed by atoms with E-state index >= 15 is 0 Å². The summed E-state index contributed by atoms with van der Waals surface area (Å²) >= 11 is 0. The zero-order chi connectivity index (χ0) is 13.1. The lowest BCUT2D eigenvalue weighted by Gasteiger charge is -2.37. The Labute approximate surface area is 107 Å². The van der Waals surface area contributed by atoms with Gasteiger partial charge in [0.25, 0.3) is 0 Å². The average Bonchev–Trinajstić information content (AvgIpc) is 2.25. The summed E-state index contributed by atoms with van der Waals surface area (Å²) in [6, 6.07) is 0. The van der Waals surface area contributed by atoms with Crippen LogP contribution in [0.3, 0.4) is 0 Å². The minimum Gasteiger partial charge on any atom is -0.385 e. The van der Waals surface area contributed by atoms with E-state index in [0.29, 0.717) is 5.92 Å². The van der Waals surface area contributed by atoms with Gasteiger partial charge in [-0.1, -0.05) is 47.1 Å². The Bertz CT molecular complexity index is 318. The zero-order valence-corrected chi connectivity index (χ0v) is 12.5. The number of unbranched alkanes of at least 4 members (excludes halogenated alkanes) is 1. The van der Waals surface area contributed by atoms with Crippen molar-refractivity contribution in [3.8, 4) is 0 Å². The highest BCUT2D eigenvalue weighted by Gasteiger charge is 2.31. The second kappa shape index (κ2) is 5.75. The molecule has 0 saturated heterocycles. The standard InChI is InChI=1S/C16H29N/c1-7-8-9-14-15(13(4)10-11-17-14)16(5,6)12(2)3/h10,12,17H,7-9,11H2,1-6H3. The third-order valence-electron chi connectivity index (χ3n) is 4.29. The third kappa shape index (κ3) is 3.14. The van der Waals surface area contributed by atoms with E-state index in [9.17, 15) is 0 Å². The van der Waals surface area contributed by atoms with Crippen LogP contribution in [-0.4, -0.2) is 6.54 Å². The van der Waals surface area contributed by atoms with Gasteiger partial charge >= 0.3 is 0 Å². The first-order valence-corrected chi connectivity index (χ1v) is 7.05. The molecule has 1 N–H and O–H groups in total. The van der Waals surface area contributed by atoms with Crippen LogP contribution in [0.1, 0.15) is 60.8 Å². The van der Waals surface area contributed by atoms with Gasteiger partial charge < -0.3 is 5.32 Å². The van der Waals surface area contributed by atoms with Crippen LogP contribution in [-0.2, 0) is 0 Å². The van der Waals surface area contributed by atoms with Crippen LogP contribution in [0.15, 0.2) is 22.9 Å². The van der Waals surface area contributed by atoms with E-state index in [4.69, 9.17) is 0 Å². The number of allylic oxidation sites excluding steroid dienone is 3. The SMILES string of the molecule is CCCCC1=C(C(C)(C)C(C)C)C(C)=CCN1. The Hall–Kier alpha value is -0.720. The van der Waals surface area contributed by atoms with E-state index in [0.717, 1.165) is 6.54 Å². The van der Waals surface area contributed by atoms with Gasteiger partial charge in [0.1, 0.15) is 0 Å². The van der Waals surface area contributed by atoms with E-state index in [2.05, 4.69) is 52.9 Å². The molecule has 1 aliphatic rings. The van der Waals surface area contributed by atoms with Gasteiger partial charge in [-0.25, -0.2) is 0 Å². The molecule has 0 saturated carbocycles. The van der Waals surface area contributed by atoms with E-state index in [-0.39, 0.29) is 5.41 Å². The lowest BCUT2D eigenvalue weighted by molar-refractivity contribution is 0.307. The summed E-state index contributed by atoms with van der Waals surface area (Å²) in [5.41, 5.74) is 4.79. The van der Waals surface area contributed by atoms with Gasteiger partial charge in [-0.15, -0.1) is 0 Å². The summed E-state index contributed by atoms with van der Waals surface area (Å²) in [5.74, 6) is 0.664. The van der Waals surface area contributed by atoms with E-state index in [1.807, 2.05) is 0 Å². The van der Waals surface area contributed by atoms with Crippen molar-refractivity contribution in [2.45, 2.75) is 60.8 Å². The number of hydrogen-bond donors (Lipinski definition) is 1. The highest BCUT2D eigenvalue weighted by atomic mass is 14.9. The van der Waals surface area contributed by atoms with Gasteiger partial charge in [0.15, 0.2) is 0 Å². The Balaban J connectivity index is 3.09. The van der Waals surface area contributed by atoms with E-state index in [1.165, 1.54) is 30.5 Å². The minimum atomic E-state index is 0.261. The molecular weight excluding hydrogens is 206 g/mol. The summed E-state index contributed by atoms with van der Waals surface area (Å²) in [6.07, 6.45) is 6.08. The van der Waals surface area contributed by atoms with Crippen molar-refractivity contribution >= 4 is 0 Å². The van der Waals surface area contributed by atoms with Crippen molar-refractivity contribution in [1.29, 1.82) is 0 Å². The Morgan fingerprint density at radius 3 is 2.53 bits per heavy atom. The predicted octanol–water partition coefficient (Wildman–Crippen LogP) is 4.66. The van der Waals surface area contributed by atoms with Crippen LogP contribution in [0.4, 0.5) is 0 Å². The van der Waals surface area contributed by atoms with Crippen molar-refractivity contribution in [3.63, 3.8) is 0 Å². The molecule has 1 heterocycles. The number of hydrogen-bond acceptors (Lipinski definition) is 1. The maximum atomic E-state index is 3.60. The Kier molecular flexibility index (Phi) is 4.85. The van der Waals surface area contributed by atoms with Crippen molar-refractivity contribution in [2.24, 2.45) is 11.3 Å². The van der Waals surface area contributed by atoms with Crippen LogP contribution in [0.5, 0.6) is 0 Å². The molecule has 0 aromatic rings. The molecule has 0 spiro atoms. The topological polar surface area (TPSA) is 12.0 Å². The number of dihydropyridines is 1. The predicted molar refractivity (Wildman–Crippen MR) is 76.9 cm³/mol. The van der Waals surface area contributed by atoms with Crippen LogP contribution in [0.25, 0.3) is 0 Å². The van der Waals surface area contributed by atoms with Gasteiger partial charge in [0.2, 0.25) is 0 Å². The molecular formula is C16H29N. The summed E-state index contributed by atoms with van der Waals surface area (Å²) in [6.45, 7) is 14.9. The fraction of sp³-hybridized carbons (Fsp3) is 0.750. The molecule has 0 radical (unpaired) electrons. The van der Waals surface area contributed by atoms with Crippen LogP contribution >= 0.6 is 0 Å². The van der Waals surface area contributed by atoms with Gasteiger partial charge in [-0.05, 0) is 42.2 Å². The maximum absolute atomic E-state index is 3.60. The molecule has 0 bridgehead atoms. The minimum absolute atomic E-state index is 0.261. The van der Waals surface area contributed by atoms with Crippen molar-refractivity contribution in [1.82, 2.24) is 5.32 Å². The lowest BCUT2D eigenvalue weighted by atomic mass is 9.70. The van der Waals surface area contributed by atoms with E-state index < -0.39 is 0 Å². The molecule has 0 atom stereocenters. The second-order valence-corrected chi connectivity index (χ2v) is 6.10. The molecule has 0 aliphatic carbocycles. The smallest absolute Gasteiger partial charge is 0.0333 e. The summed E-state index contributed by atoms with van der Waals surface area (Å²) < 4.78 is 0. The van der Waals surface area contributed by atoms with Gasteiger partial charge in [0, 0.05) is 12.2 Å².